The van der Waals surface area contributed by atoms with Gasteiger partial charge in [-0.05, 0) is 49.9 Å². The molecule has 90 valence electrons. The maximum atomic E-state index is 12.5. The van der Waals surface area contributed by atoms with Gasteiger partial charge in [-0.2, -0.15) is 0 Å². The Morgan fingerprint density at radius 3 is 2.76 bits per heavy atom. The van der Waals surface area contributed by atoms with Gasteiger partial charge >= 0.3 is 0 Å². The molecule has 3 nitrogen and oxygen atoms in total. The number of Topliss-reactive ketones (excluding diaryl/α,β-unsaturated/α-hetero) is 1. The van der Waals surface area contributed by atoms with Gasteiger partial charge < -0.3 is 4.57 Å². The van der Waals surface area contributed by atoms with E-state index in [9.17, 15) is 4.79 Å². The second-order valence-corrected chi connectivity index (χ2v) is 5.91. The number of nitrogens with zero attached hydrogens (tertiary/aromatic N) is 2. The minimum absolute atomic E-state index is 0.323. The number of carbonyl (C=O) groups is 1. The summed E-state index contributed by atoms with van der Waals surface area (Å²) >= 11 is 0. The van der Waals surface area contributed by atoms with Crippen LogP contribution in [0.15, 0.2) is 12.4 Å². The van der Waals surface area contributed by atoms with E-state index in [4.69, 9.17) is 0 Å². The molecule has 1 aromatic rings. The number of ketones is 1. The molecule has 3 heteroatoms. The van der Waals surface area contributed by atoms with Gasteiger partial charge in [0.15, 0.2) is 5.82 Å². The monoisotopic (exact) mass is 230 g/mol. The van der Waals surface area contributed by atoms with Crippen molar-refractivity contribution in [1.29, 1.82) is 0 Å². The summed E-state index contributed by atoms with van der Waals surface area (Å²) in [6.45, 7) is 2.91. The minimum Gasteiger partial charge on any atom is -0.329 e. The lowest BCUT2D eigenvalue weighted by atomic mass is 9.99. The number of hydrogen-bond acceptors (Lipinski definition) is 2. The summed E-state index contributed by atoms with van der Waals surface area (Å²) in [7, 11) is 0. The third-order valence-corrected chi connectivity index (χ3v) is 5.31. The molecule has 0 amide bonds. The van der Waals surface area contributed by atoms with E-state index in [0.717, 1.165) is 30.2 Å². The third-order valence-electron chi connectivity index (χ3n) is 5.31. The molecule has 4 atom stereocenters. The van der Waals surface area contributed by atoms with Crippen molar-refractivity contribution in [2.75, 3.05) is 0 Å². The highest BCUT2D eigenvalue weighted by molar-refractivity contribution is 5.97. The fourth-order valence-corrected chi connectivity index (χ4v) is 4.61. The zero-order valence-electron chi connectivity index (χ0n) is 10.2. The first-order chi connectivity index (χ1) is 8.31. The molecule has 1 aromatic heterocycles. The van der Waals surface area contributed by atoms with Gasteiger partial charge in [0, 0.05) is 24.9 Å². The molecule has 0 radical (unpaired) electrons. The molecule has 4 unspecified atom stereocenters. The van der Waals surface area contributed by atoms with Gasteiger partial charge in [-0.25, -0.2) is 4.98 Å². The SMILES string of the molecule is CCn1ccnc1C(=O)C1C2C3CCC(C3)C12. The first-order valence-corrected chi connectivity index (χ1v) is 6.86. The fourth-order valence-electron chi connectivity index (χ4n) is 4.61. The Morgan fingerprint density at radius 1 is 1.41 bits per heavy atom. The van der Waals surface area contributed by atoms with Gasteiger partial charge in [-0.1, -0.05) is 0 Å². The molecule has 0 N–H and O–H groups in total. The Hall–Kier alpha value is -1.12. The molecule has 4 rings (SSSR count). The number of aromatic nitrogens is 2. The van der Waals surface area contributed by atoms with Crippen LogP contribution in [0.2, 0.25) is 0 Å². The van der Waals surface area contributed by atoms with Crippen molar-refractivity contribution in [2.45, 2.75) is 32.7 Å². The van der Waals surface area contributed by atoms with Crippen LogP contribution in [-0.4, -0.2) is 15.3 Å². The van der Waals surface area contributed by atoms with Crippen LogP contribution in [-0.2, 0) is 6.54 Å². The zero-order chi connectivity index (χ0) is 11.6. The van der Waals surface area contributed by atoms with Crippen molar-refractivity contribution < 1.29 is 4.79 Å². The molecule has 17 heavy (non-hydrogen) atoms. The third kappa shape index (κ3) is 1.17. The smallest absolute Gasteiger partial charge is 0.201 e. The van der Waals surface area contributed by atoms with E-state index in [2.05, 4.69) is 11.9 Å². The Labute approximate surface area is 101 Å². The Morgan fingerprint density at radius 2 is 2.12 bits per heavy atom. The standard InChI is InChI=1S/C14H18N2O/c1-2-16-6-5-15-14(16)13(17)12-10-8-3-4-9(7-8)11(10)12/h5-6,8-12H,2-4,7H2,1H3. The normalized spacial score (nSPS) is 41.6. The number of carbonyl (C=O) groups excluding carboxylic acids is 1. The van der Waals surface area contributed by atoms with Crippen molar-refractivity contribution in [1.82, 2.24) is 9.55 Å². The second kappa shape index (κ2) is 3.21. The Kier molecular flexibility index (Phi) is 1.86. The molecule has 0 saturated heterocycles. The number of fused-ring (bicyclic) bond motifs is 5. The summed E-state index contributed by atoms with van der Waals surface area (Å²) in [5.74, 6) is 4.53. The van der Waals surface area contributed by atoms with E-state index in [-0.39, 0.29) is 0 Å². The highest BCUT2D eigenvalue weighted by Gasteiger charge is 2.67. The molecule has 2 bridgehead atoms. The summed E-state index contributed by atoms with van der Waals surface area (Å²) in [5.41, 5.74) is 0. The van der Waals surface area contributed by atoms with Crippen LogP contribution in [0.4, 0.5) is 0 Å². The zero-order valence-corrected chi connectivity index (χ0v) is 10.2. The van der Waals surface area contributed by atoms with Crippen molar-refractivity contribution in [3.8, 4) is 0 Å². The van der Waals surface area contributed by atoms with Crippen molar-refractivity contribution in [2.24, 2.45) is 29.6 Å². The minimum atomic E-state index is 0.323. The predicted octanol–water partition coefficient (Wildman–Crippen LogP) is 2.38. The van der Waals surface area contributed by atoms with Crippen molar-refractivity contribution in [3.05, 3.63) is 18.2 Å². The number of hydrogen-bond donors (Lipinski definition) is 0. The van der Waals surface area contributed by atoms with Crippen LogP contribution < -0.4 is 0 Å². The largest absolute Gasteiger partial charge is 0.329 e. The lowest BCUT2D eigenvalue weighted by Crippen LogP contribution is -2.15. The highest BCUT2D eigenvalue weighted by atomic mass is 16.1. The van der Waals surface area contributed by atoms with Gasteiger partial charge in [0.1, 0.15) is 0 Å². The van der Waals surface area contributed by atoms with Crippen LogP contribution >= 0.6 is 0 Å². The van der Waals surface area contributed by atoms with Crippen LogP contribution in [0.25, 0.3) is 0 Å². The molecule has 0 spiro atoms. The maximum absolute atomic E-state index is 12.5. The van der Waals surface area contributed by atoms with Crippen LogP contribution in [0.5, 0.6) is 0 Å². The molecule has 3 fully saturated rings. The van der Waals surface area contributed by atoms with Crippen LogP contribution in [0, 0.1) is 29.6 Å². The quantitative estimate of drug-likeness (QED) is 0.747. The van der Waals surface area contributed by atoms with E-state index >= 15 is 0 Å². The first kappa shape index (κ1) is 9.86. The summed E-state index contributed by atoms with van der Waals surface area (Å²) in [6, 6.07) is 0. The number of aryl methyl sites for hydroxylation is 1. The Balaban J connectivity index is 1.60. The molecule has 3 saturated carbocycles. The van der Waals surface area contributed by atoms with Gasteiger partial charge in [-0.3, -0.25) is 4.79 Å². The summed E-state index contributed by atoms with van der Waals surface area (Å²) in [4.78, 5) is 16.8. The number of imidazole rings is 1. The predicted molar refractivity (Wildman–Crippen MR) is 63.5 cm³/mol. The van der Waals surface area contributed by atoms with Crippen molar-refractivity contribution >= 4 is 5.78 Å². The molecule has 0 aliphatic heterocycles. The second-order valence-electron chi connectivity index (χ2n) is 5.91. The van der Waals surface area contributed by atoms with Crippen molar-refractivity contribution in [3.63, 3.8) is 0 Å². The van der Waals surface area contributed by atoms with E-state index in [1.807, 2.05) is 10.8 Å². The molecule has 3 aliphatic rings. The lowest BCUT2D eigenvalue weighted by molar-refractivity contribution is 0.0930. The molecular formula is C14H18N2O. The van der Waals surface area contributed by atoms with E-state index < -0.39 is 0 Å². The maximum Gasteiger partial charge on any atom is 0.201 e. The van der Waals surface area contributed by atoms with Crippen LogP contribution in [0.1, 0.15) is 36.8 Å². The summed E-state index contributed by atoms with van der Waals surface area (Å²) < 4.78 is 1.98. The number of rotatable bonds is 3. The average molecular weight is 230 g/mol. The highest BCUT2D eigenvalue weighted by Crippen LogP contribution is 2.69. The van der Waals surface area contributed by atoms with Gasteiger partial charge in [-0.15, -0.1) is 0 Å². The van der Waals surface area contributed by atoms with Gasteiger partial charge in [0.05, 0.1) is 0 Å². The van der Waals surface area contributed by atoms with E-state index in [1.54, 1.807) is 6.20 Å². The van der Waals surface area contributed by atoms with Gasteiger partial charge in [0.25, 0.3) is 0 Å². The van der Waals surface area contributed by atoms with E-state index in [1.165, 1.54) is 19.3 Å². The first-order valence-electron chi connectivity index (χ1n) is 6.86. The Bertz CT molecular complexity index is 462. The topological polar surface area (TPSA) is 34.9 Å². The molecule has 1 heterocycles. The summed E-state index contributed by atoms with van der Waals surface area (Å²) in [6.07, 6.45) is 7.82. The lowest BCUT2D eigenvalue weighted by Gasteiger charge is -2.08. The average Bonchev–Trinajstić information content (AvgIpc) is 2.78. The summed E-state index contributed by atoms with van der Waals surface area (Å²) in [5, 5.41) is 0. The van der Waals surface area contributed by atoms with Crippen LogP contribution in [0.3, 0.4) is 0 Å². The van der Waals surface area contributed by atoms with E-state index in [0.29, 0.717) is 17.5 Å². The molecule has 3 aliphatic carbocycles. The molecule has 0 aromatic carbocycles. The molecular weight excluding hydrogens is 212 g/mol. The van der Waals surface area contributed by atoms with Gasteiger partial charge in [0.2, 0.25) is 5.78 Å². The fraction of sp³-hybridized carbons (Fsp3) is 0.714.